The van der Waals surface area contributed by atoms with Crippen molar-refractivity contribution < 1.29 is 4.48 Å². The minimum atomic E-state index is 0.328. The first-order valence-corrected chi connectivity index (χ1v) is 4.23. The van der Waals surface area contributed by atoms with E-state index in [9.17, 15) is 0 Å². The summed E-state index contributed by atoms with van der Waals surface area (Å²) in [7, 11) is 8.50. The first kappa shape index (κ1) is 11.2. The van der Waals surface area contributed by atoms with Gasteiger partial charge in [0.2, 0.25) is 11.6 Å². The van der Waals surface area contributed by atoms with Crippen molar-refractivity contribution in [2.24, 2.45) is 0 Å². The van der Waals surface area contributed by atoms with Crippen molar-refractivity contribution >= 4 is 0 Å². The van der Waals surface area contributed by atoms with Crippen molar-refractivity contribution in [1.82, 2.24) is 41.2 Å². The zero-order valence-electron chi connectivity index (χ0n) is 9.13. The Hall–Kier alpha value is -1.90. The molecule has 9 heteroatoms. The molecule has 2 heterocycles. The molecule has 0 aliphatic rings. The summed E-state index contributed by atoms with van der Waals surface area (Å²) in [6.07, 6.45) is 0. The van der Waals surface area contributed by atoms with Crippen molar-refractivity contribution in [2.45, 2.75) is 0 Å². The number of tetrazole rings is 2. The third-order valence-corrected chi connectivity index (χ3v) is 0.891. The highest BCUT2D eigenvalue weighted by atomic mass is 15.5. The molecule has 0 saturated carbocycles. The van der Waals surface area contributed by atoms with Gasteiger partial charge < -0.3 is 4.48 Å². The fourth-order valence-corrected chi connectivity index (χ4v) is 0.513. The lowest BCUT2D eigenvalue weighted by Gasteiger charge is -2.14. The highest BCUT2D eigenvalue weighted by Crippen LogP contribution is 1.99. The SMILES string of the molecule is C[N+](C)(C)C.n1nc(-c2nn[nH]n2)n[nH]1. The standard InChI is InChI=1S/C4H12N.C2H2N8/c1-5(2,3)4;3-1(4-8-7-3)2-5-9-10-6-2/h1-4H3;(H,3,4,7,8)(H,5,6,9,10)/q+1;. The summed E-state index contributed by atoms with van der Waals surface area (Å²) in [4.78, 5) is 0. The highest BCUT2D eigenvalue weighted by Gasteiger charge is 2.05. The Labute approximate surface area is 86.5 Å². The van der Waals surface area contributed by atoms with Crippen molar-refractivity contribution in [3.05, 3.63) is 0 Å². The van der Waals surface area contributed by atoms with Gasteiger partial charge in [0.05, 0.1) is 28.2 Å². The van der Waals surface area contributed by atoms with Crippen LogP contribution in [0.4, 0.5) is 0 Å². The van der Waals surface area contributed by atoms with E-state index < -0.39 is 0 Å². The summed E-state index contributed by atoms with van der Waals surface area (Å²) in [6, 6.07) is 0. The molecule has 0 aliphatic carbocycles. The van der Waals surface area contributed by atoms with Crippen LogP contribution in [0.25, 0.3) is 11.6 Å². The summed E-state index contributed by atoms with van der Waals surface area (Å²) in [5.41, 5.74) is 0. The van der Waals surface area contributed by atoms with Crippen LogP contribution in [0.15, 0.2) is 0 Å². The van der Waals surface area contributed by atoms with Crippen molar-refractivity contribution in [3.63, 3.8) is 0 Å². The molecule has 0 aliphatic heterocycles. The number of aromatic amines is 2. The molecule has 2 rings (SSSR count). The molecule has 0 radical (unpaired) electrons. The summed E-state index contributed by atoms with van der Waals surface area (Å²) in [5.74, 6) is 0.655. The van der Waals surface area contributed by atoms with E-state index in [1.54, 1.807) is 0 Å². The van der Waals surface area contributed by atoms with Crippen LogP contribution in [0, 0.1) is 0 Å². The Morgan fingerprint density at radius 2 is 1.13 bits per heavy atom. The van der Waals surface area contributed by atoms with E-state index in [0.29, 0.717) is 11.6 Å². The van der Waals surface area contributed by atoms with Gasteiger partial charge in [0.25, 0.3) is 0 Å². The van der Waals surface area contributed by atoms with Crippen LogP contribution in [-0.4, -0.2) is 73.9 Å². The maximum absolute atomic E-state index is 3.63. The lowest BCUT2D eigenvalue weighted by molar-refractivity contribution is -0.849. The van der Waals surface area contributed by atoms with E-state index in [1.165, 1.54) is 0 Å². The lowest BCUT2D eigenvalue weighted by atomic mass is 10.6. The fourth-order valence-electron chi connectivity index (χ4n) is 0.513. The lowest BCUT2D eigenvalue weighted by Crippen LogP contribution is -2.27. The van der Waals surface area contributed by atoms with Crippen molar-refractivity contribution in [3.8, 4) is 11.6 Å². The van der Waals surface area contributed by atoms with Crippen LogP contribution in [0.2, 0.25) is 0 Å². The fraction of sp³-hybridized carbons (Fsp3) is 0.667. The van der Waals surface area contributed by atoms with E-state index in [1.807, 2.05) is 0 Å². The molecule has 0 atom stereocenters. The Morgan fingerprint density at radius 1 is 0.800 bits per heavy atom. The van der Waals surface area contributed by atoms with Gasteiger partial charge in [0.15, 0.2) is 0 Å². The summed E-state index contributed by atoms with van der Waals surface area (Å²) >= 11 is 0. The molecular formula is C6H14N9+. The molecular weight excluding hydrogens is 198 g/mol. The quantitative estimate of drug-likeness (QED) is 0.569. The van der Waals surface area contributed by atoms with Crippen LogP contribution in [0.3, 0.4) is 0 Å². The average Bonchev–Trinajstić information content (AvgIpc) is 2.73. The van der Waals surface area contributed by atoms with Gasteiger partial charge in [0, 0.05) is 0 Å². The molecule has 2 aromatic rings. The van der Waals surface area contributed by atoms with Crippen molar-refractivity contribution in [1.29, 1.82) is 0 Å². The zero-order chi connectivity index (χ0) is 11.3. The van der Waals surface area contributed by atoms with Crippen LogP contribution in [0.5, 0.6) is 0 Å². The summed E-state index contributed by atoms with van der Waals surface area (Å²) in [5, 5.41) is 25.7. The van der Waals surface area contributed by atoms with Gasteiger partial charge in [0.1, 0.15) is 0 Å². The second-order valence-corrected chi connectivity index (χ2v) is 4.15. The molecule has 82 valence electrons. The van der Waals surface area contributed by atoms with E-state index in [-0.39, 0.29) is 0 Å². The van der Waals surface area contributed by atoms with Gasteiger partial charge in [-0.2, -0.15) is 10.4 Å². The first-order valence-electron chi connectivity index (χ1n) is 4.23. The summed E-state index contributed by atoms with van der Waals surface area (Å²) < 4.78 is 1.00. The number of quaternary nitrogens is 1. The number of hydrogen-bond acceptors (Lipinski definition) is 6. The molecule has 2 aromatic heterocycles. The van der Waals surface area contributed by atoms with Crippen LogP contribution in [-0.2, 0) is 0 Å². The molecule has 2 N–H and O–H groups in total. The molecule has 0 unspecified atom stereocenters. The number of aromatic nitrogens is 8. The second kappa shape index (κ2) is 4.55. The summed E-state index contributed by atoms with van der Waals surface area (Å²) in [6.45, 7) is 0. The molecule has 0 fully saturated rings. The van der Waals surface area contributed by atoms with Gasteiger partial charge in [-0.05, 0) is 10.4 Å². The highest BCUT2D eigenvalue weighted by molar-refractivity contribution is 5.37. The Balaban J connectivity index is 0.000000195. The predicted octanol–water partition coefficient (Wildman–Crippen LogP) is -1.30. The number of nitrogens with one attached hydrogen (secondary N) is 2. The van der Waals surface area contributed by atoms with Gasteiger partial charge in [-0.15, -0.1) is 20.4 Å². The van der Waals surface area contributed by atoms with Crippen LogP contribution < -0.4 is 0 Å². The van der Waals surface area contributed by atoms with Crippen LogP contribution >= 0.6 is 0 Å². The molecule has 9 nitrogen and oxygen atoms in total. The number of H-pyrrole nitrogens is 2. The van der Waals surface area contributed by atoms with E-state index in [2.05, 4.69) is 69.4 Å². The largest absolute Gasteiger partial charge is 0.333 e. The van der Waals surface area contributed by atoms with Gasteiger partial charge in [-0.25, -0.2) is 0 Å². The Bertz CT molecular complexity index is 317. The Morgan fingerprint density at radius 3 is 1.33 bits per heavy atom. The molecule has 0 spiro atoms. The van der Waals surface area contributed by atoms with Gasteiger partial charge in [-0.1, -0.05) is 0 Å². The average molecular weight is 212 g/mol. The van der Waals surface area contributed by atoms with Gasteiger partial charge >= 0.3 is 0 Å². The number of rotatable bonds is 1. The third kappa shape index (κ3) is 4.76. The maximum Gasteiger partial charge on any atom is 0.245 e. The minimum absolute atomic E-state index is 0.328. The smallest absolute Gasteiger partial charge is 0.245 e. The predicted molar refractivity (Wildman–Crippen MR) is 51.3 cm³/mol. The molecule has 0 bridgehead atoms. The number of hydrogen-bond donors (Lipinski definition) is 2. The molecule has 15 heavy (non-hydrogen) atoms. The van der Waals surface area contributed by atoms with Gasteiger partial charge in [-0.3, -0.25) is 0 Å². The van der Waals surface area contributed by atoms with E-state index in [4.69, 9.17) is 0 Å². The normalized spacial score (nSPS) is 10.7. The monoisotopic (exact) mass is 212 g/mol. The minimum Gasteiger partial charge on any atom is -0.333 e. The molecule has 0 aromatic carbocycles. The Kier molecular flexibility index (Phi) is 3.39. The zero-order valence-corrected chi connectivity index (χ0v) is 9.13. The van der Waals surface area contributed by atoms with Crippen molar-refractivity contribution in [2.75, 3.05) is 28.2 Å². The first-order chi connectivity index (χ1) is 6.97. The van der Waals surface area contributed by atoms with E-state index in [0.717, 1.165) is 4.48 Å². The third-order valence-electron chi connectivity index (χ3n) is 0.891. The van der Waals surface area contributed by atoms with E-state index >= 15 is 0 Å². The second-order valence-electron chi connectivity index (χ2n) is 4.15. The molecule has 0 saturated heterocycles. The van der Waals surface area contributed by atoms with Crippen LogP contribution in [0.1, 0.15) is 0 Å². The number of nitrogens with zero attached hydrogens (tertiary/aromatic N) is 7. The molecule has 0 amide bonds. The topological polar surface area (TPSA) is 109 Å². The maximum atomic E-state index is 3.63.